The minimum atomic E-state index is -4.03. The first-order chi connectivity index (χ1) is 8.03. The van der Waals surface area contributed by atoms with Crippen molar-refractivity contribution in [1.82, 2.24) is 10.6 Å². The van der Waals surface area contributed by atoms with Gasteiger partial charge in [0.15, 0.2) is 0 Å². The molecule has 0 aromatic carbocycles. The molecule has 2 unspecified atom stereocenters. The van der Waals surface area contributed by atoms with E-state index in [0.717, 1.165) is 13.0 Å². The molecule has 0 amide bonds. The summed E-state index contributed by atoms with van der Waals surface area (Å²) in [4.78, 5) is 0. The van der Waals surface area contributed by atoms with Crippen LogP contribution >= 0.6 is 0 Å². The van der Waals surface area contributed by atoms with Crippen molar-refractivity contribution in [3.63, 3.8) is 0 Å². The van der Waals surface area contributed by atoms with E-state index in [0.29, 0.717) is 18.0 Å². The van der Waals surface area contributed by atoms with E-state index < -0.39 is 12.6 Å². The standard InChI is InChI=1S/C12H21F3N2/c13-12(14,15)4-6-16-5-3-9-7-10-1-2-11(8-9)17-10/h9-11,16-17H,1-8H2. The lowest BCUT2D eigenvalue weighted by atomic mass is 9.90. The Morgan fingerprint density at radius 1 is 1.06 bits per heavy atom. The topological polar surface area (TPSA) is 24.1 Å². The summed E-state index contributed by atoms with van der Waals surface area (Å²) in [6.45, 7) is 0.779. The molecule has 2 aliphatic heterocycles. The van der Waals surface area contributed by atoms with Crippen molar-refractivity contribution in [1.29, 1.82) is 0 Å². The van der Waals surface area contributed by atoms with Crippen LogP contribution in [0.25, 0.3) is 0 Å². The van der Waals surface area contributed by atoms with Crippen LogP contribution in [0.15, 0.2) is 0 Å². The van der Waals surface area contributed by atoms with Crippen LogP contribution in [0.3, 0.4) is 0 Å². The monoisotopic (exact) mass is 250 g/mol. The molecule has 5 heteroatoms. The number of halogens is 3. The van der Waals surface area contributed by atoms with Gasteiger partial charge < -0.3 is 10.6 Å². The van der Waals surface area contributed by atoms with E-state index in [1.54, 1.807) is 0 Å². The molecular weight excluding hydrogens is 229 g/mol. The van der Waals surface area contributed by atoms with Crippen LogP contribution in [-0.4, -0.2) is 31.3 Å². The Kier molecular flexibility index (Phi) is 4.31. The van der Waals surface area contributed by atoms with E-state index in [1.165, 1.54) is 25.7 Å². The fourth-order valence-electron chi connectivity index (χ4n) is 3.07. The van der Waals surface area contributed by atoms with Crippen molar-refractivity contribution >= 4 is 0 Å². The highest BCUT2D eigenvalue weighted by Gasteiger charge is 2.33. The third-order valence-corrected chi connectivity index (χ3v) is 3.89. The maximum Gasteiger partial charge on any atom is 0.390 e. The van der Waals surface area contributed by atoms with Crippen molar-refractivity contribution in [3.05, 3.63) is 0 Å². The van der Waals surface area contributed by atoms with Crippen LogP contribution in [0.5, 0.6) is 0 Å². The van der Waals surface area contributed by atoms with Gasteiger partial charge in [-0.3, -0.25) is 0 Å². The molecule has 2 nitrogen and oxygen atoms in total. The number of fused-ring (bicyclic) bond motifs is 2. The first kappa shape index (κ1) is 13.1. The van der Waals surface area contributed by atoms with Crippen LogP contribution in [0.1, 0.15) is 38.5 Å². The zero-order valence-electron chi connectivity index (χ0n) is 10.0. The smallest absolute Gasteiger partial charge is 0.316 e. The highest BCUT2D eigenvalue weighted by Crippen LogP contribution is 2.32. The van der Waals surface area contributed by atoms with Gasteiger partial charge in [0.05, 0.1) is 6.42 Å². The first-order valence-electron chi connectivity index (χ1n) is 6.56. The second-order valence-electron chi connectivity index (χ2n) is 5.38. The predicted octanol–water partition coefficient (Wildman–Crippen LogP) is 2.45. The molecular formula is C12H21F3N2. The molecule has 2 N–H and O–H groups in total. The second kappa shape index (κ2) is 5.57. The number of nitrogens with one attached hydrogen (secondary N) is 2. The van der Waals surface area contributed by atoms with Crippen molar-refractivity contribution in [2.45, 2.75) is 56.8 Å². The molecule has 2 aliphatic rings. The molecule has 2 bridgehead atoms. The molecule has 0 aromatic rings. The largest absolute Gasteiger partial charge is 0.390 e. The van der Waals surface area contributed by atoms with E-state index in [2.05, 4.69) is 10.6 Å². The second-order valence-corrected chi connectivity index (χ2v) is 5.38. The van der Waals surface area contributed by atoms with E-state index in [-0.39, 0.29) is 6.54 Å². The van der Waals surface area contributed by atoms with Gasteiger partial charge in [-0.15, -0.1) is 0 Å². The van der Waals surface area contributed by atoms with Gasteiger partial charge in [0.25, 0.3) is 0 Å². The highest BCUT2D eigenvalue weighted by atomic mass is 19.4. The fraction of sp³-hybridized carbons (Fsp3) is 1.00. The van der Waals surface area contributed by atoms with Crippen LogP contribution in [0, 0.1) is 5.92 Å². The molecule has 0 spiro atoms. The lowest BCUT2D eigenvalue weighted by Crippen LogP contribution is -2.38. The third kappa shape index (κ3) is 4.47. The highest BCUT2D eigenvalue weighted by molar-refractivity contribution is 4.91. The number of piperidine rings is 1. The molecule has 0 saturated carbocycles. The van der Waals surface area contributed by atoms with Gasteiger partial charge in [-0.2, -0.15) is 13.2 Å². The number of rotatable bonds is 5. The Labute approximate surface area is 100 Å². The minimum absolute atomic E-state index is 0.0569. The van der Waals surface area contributed by atoms with Crippen molar-refractivity contribution in [2.75, 3.05) is 13.1 Å². The Hall–Kier alpha value is -0.290. The minimum Gasteiger partial charge on any atom is -0.316 e. The number of hydrogen-bond acceptors (Lipinski definition) is 2. The summed E-state index contributed by atoms with van der Waals surface area (Å²) in [5.74, 6) is 0.701. The van der Waals surface area contributed by atoms with Crippen LogP contribution in [0.2, 0.25) is 0 Å². The molecule has 2 saturated heterocycles. The molecule has 0 aromatic heterocycles. The van der Waals surface area contributed by atoms with Crippen LogP contribution in [-0.2, 0) is 0 Å². The van der Waals surface area contributed by atoms with Crippen molar-refractivity contribution in [3.8, 4) is 0 Å². The Bertz CT molecular complexity index is 230. The number of alkyl halides is 3. The Morgan fingerprint density at radius 2 is 1.71 bits per heavy atom. The average molecular weight is 250 g/mol. The first-order valence-corrected chi connectivity index (χ1v) is 6.56. The molecule has 2 heterocycles. The van der Waals surface area contributed by atoms with Gasteiger partial charge >= 0.3 is 6.18 Å². The maximum atomic E-state index is 11.9. The average Bonchev–Trinajstić information content (AvgIpc) is 2.56. The Balaban J connectivity index is 1.54. The molecule has 2 atom stereocenters. The summed E-state index contributed by atoms with van der Waals surface area (Å²) >= 11 is 0. The van der Waals surface area contributed by atoms with E-state index >= 15 is 0 Å². The van der Waals surface area contributed by atoms with Crippen LogP contribution in [0.4, 0.5) is 13.2 Å². The third-order valence-electron chi connectivity index (χ3n) is 3.89. The zero-order valence-corrected chi connectivity index (χ0v) is 10.0. The zero-order chi connectivity index (χ0) is 12.3. The summed E-state index contributed by atoms with van der Waals surface area (Å²) in [5.41, 5.74) is 0. The summed E-state index contributed by atoms with van der Waals surface area (Å²) in [6.07, 6.45) is 1.25. The fourth-order valence-corrected chi connectivity index (χ4v) is 3.07. The van der Waals surface area contributed by atoms with Crippen molar-refractivity contribution in [2.24, 2.45) is 5.92 Å². The maximum absolute atomic E-state index is 11.9. The molecule has 100 valence electrons. The van der Waals surface area contributed by atoms with Gasteiger partial charge in [0.2, 0.25) is 0 Å². The lowest BCUT2D eigenvalue weighted by molar-refractivity contribution is -0.133. The summed E-state index contributed by atoms with van der Waals surface area (Å²) in [7, 11) is 0. The van der Waals surface area contributed by atoms with Gasteiger partial charge in [0.1, 0.15) is 0 Å². The van der Waals surface area contributed by atoms with E-state index in [1.807, 2.05) is 0 Å². The summed E-state index contributed by atoms with van der Waals surface area (Å²) in [5, 5.41) is 6.47. The number of hydrogen-bond donors (Lipinski definition) is 2. The summed E-state index contributed by atoms with van der Waals surface area (Å²) < 4.78 is 35.7. The Morgan fingerprint density at radius 3 is 2.29 bits per heavy atom. The van der Waals surface area contributed by atoms with Gasteiger partial charge in [-0.1, -0.05) is 0 Å². The normalized spacial score (nSPS) is 33.0. The quantitative estimate of drug-likeness (QED) is 0.732. The molecule has 2 rings (SSSR count). The SMILES string of the molecule is FC(F)(F)CCNCCC1CC2CCC(C1)N2. The van der Waals surface area contributed by atoms with Crippen LogP contribution < -0.4 is 10.6 Å². The van der Waals surface area contributed by atoms with Gasteiger partial charge in [-0.05, 0) is 44.6 Å². The van der Waals surface area contributed by atoms with Crippen molar-refractivity contribution < 1.29 is 13.2 Å². The molecule has 0 radical (unpaired) electrons. The predicted molar refractivity (Wildman–Crippen MR) is 60.8 cm³/mol. The van der Waals surface area contributed by atoms with E-state index in [9.17, 15) is 13.2 Å². The molecule has 2 fully saturated rings. The lowest BCUT2D eigenvalue weighted by Gasteiger charge is -2.29. The van der Waals surface area contributed by atoms with E-state index in [4.69, 9.17) is 0 Å². The van der Waals surface area contributed by atoms with Gasteiger partial charge in [0, 0.05) is 18.6 Å². The molecule has 0 aliphatic carbocycles. The molecule has 17 heavy (non-hydrogen) atoms. The summed E-state index contributed by atoms with van der Waals surface area (Å²) in [6, 6.07) is 1.35. The van der Waals surface area contributed by atoms with Gasteiger partial charge in [-0.25, -0.2) is 0 Å².